The molecule has 2 N–H and O–H groups in total. The van der Waals surface area contributed by atoms with Gasteiger partial charge in [-0.25, -0.2) is 0 Å². The van der Waals surface area contributed by atoms with Crippen molar-refractivity contribution in [3.8, 4) is 0 Å². The summed E-state index contributed by atoms with van der Waals surface area (Å²) >= 11 is 0. The van der Waals surface area contributed by atoms with E-state index in [-0.39, 0.29) is 0 Å². The summed E-state index contributed by atoms with van der Waals surface area (Å²) in [5, 5.41) is 21.4. The summed E-state index contributed by atoms with van der Waals surface area (Å²) in [5.74, 6) is 0. The molecule has 0 aliphatic rings. The standard InChI is InChI=1S/C30H54O2/c1-25(2)15-11-17-27(5)19-13-23-29(7,31)21-9-10-22-30(8,32)24-14-20-28(6)18-12-16-26(3)4/h15-16,19-20,31-32H,9-14,17-18,21-24H2,1-8H3. The van der Waals surface area contributed by atoms with Gasteiger partial charge in [-0.3, -0.25) is 0 Å². The van der Waals surface area contributed by atoms with E-state index < -0.39 is 11.2 Å². The van der Waals surface area contributed by atoms with Gasteiger partial charge in [-0.2, -0.15) is 0 Å². The van der Waals surface area contributed by atoms with Crippen LogP contribution in [0.2, 0.25) is 0 Å². The smallest absolute Gasteiger partial charge is 0.0622 e. The SMILES string of the molecule is CC(C)=CCCC(C)=CCCC(C)(O)CCCCC(C)(O)CCC=C(C)CCC=C(C)C. The second-order valence-corrected chi connectivity index (χ2v) is 11.0. The quantitative estimate of drug-likeness (QED) is 0.173. The van der Waals surface area contributed by atoms with E-state index in [2.05, 4.69) is 65.8 Å². The zero-order valence-corrected chi connectivity index (χ0v) is 22.7. The van der Waals surface area contributed by atoms with Crippen LogP contribution in [-0.2, 0) is 0 Å². The van der Waals surface area contributed by atoms with Gasteiger partial charge >= 0.3 is 0 Å². The molecule has 0 bridgehead atoms. The second kappa shape index (κ2) is 16.5. The van der Waals surface area contributed by atoms with Crippen molar-refractivity contribution in [3.05, 3.63) is 46.6 Å². The third-order valence-electron chi connectivity index (χ3n) is 6.21. The molecule has 0 fully saturated rings. The Balaban J connectivity index is 4.13. The predicted molar refractivity (Wildman–Crippen MR) is 143 cm³/mol. The molecular formula is C30H54O2. The molecule has 2 heteroatoms. The van der Waals surface area contributed by atoms with E-state index in [0.29, 0.717) is 0 Å². The van der Waals surface area contributed by atoms with Crippen LogP contribution in [0.25, 0.3) is 0 Å². The minimum Gasteiger partial charge on any atom is -0.390 e. The summed E-state index contributed by atoms with van der Waals surface area (Å²) in [4.78, 5) is 0. The molecule has 0 aromatic heterocycles. The Morgan fingerprint density at radius 2 is 0.875 bits per heavy atom. The van der Waals surface area contributed by atoms with Crippen LogP contribution in [-0.4, -0.2) is 21.4 Å². The molecule has 0 aliphatic heterocycles. The van der Waals surface area contributed by atoms with Gasteiger partial charge in [0.1, 0.15) is 0 Å². The Hall–Kier alpha value is -1.12. The Kier molecular flexibility index (Phi) is 15.9. The van der Waals surface area contributed by atoms with Crippen molar-refractivity contribution >= 4 is 0 Å². The first-order chi connectivity index (χ1) is 14.8. The molecule has 0 radical (unpaired) electrons. The first-order valence-electron chi connectivity index (χ1n) is 12.9. The van der Waals surface area contributed by atoms with Crippen LogP contribution in [0.4, 0.5) is 0 Å². The van der Waals surface area contributed by atoms with E-state index in [1.54, 1.807) is 0 Å². The van der Waals surface area contributed by atoms with Gasteiger partial charge in [0.2, 0.25) is 0 Å². The molecule has 186 valence electrons. The molecule has 2 nitrogen and oxygen atoms in total. The summed E-state index contributed by atoms with van der Waals surface area (Å²) < 4.78 is 0. The third kappa shape index (κ3) is 19.6. The monoisotopic (exact) mass is 446 g/mol. The molecule has 0 saturated heterocycles. The Labute approximate surface area is 200 Å². The van der Waals surface area contributed by atoms with Crippen LogP contribution in [0.3, 0.4) is 0 Å². The number of hydrogen-bond donors (Lipinski definition) is 2. The third-order valence-corrected chi connectivity index (χ3v) is 6.21. The lowest BCUT2D eigenvalue weighted by molar-refractivity contribution is 0.0258. The Bertz CT molecular complexity index is 565. The van der Waals surface area contributed by atoms with Crippen LogP contribution in [0.15, 0.2) is 46.6 Å². The van der Waals surface area contributed by atoms with Gasteiger partial charge in [0.15, 0.2) is 0 Å². The van der Waals surface area contributed by atoms with Crippen LogP contribution in [0, 0.1) is 0 Å². The molecule has 0 amide bonds. The Morgan fingerprint density at radius 1 is 0.531 bits per heavy atom. The molecule has 0 rings (SSSR count). The minimum atomic E-state index is -0.617. The first-order valence-corrected chi connectivity index (χ1v) is 12.9. The average Bonchev–Trinajstić information content (AvgIpc) is 2.64. The molecule has 0 aliphatic carbocycles. The normalized spacial score (nSPS) is 16.3. The van der Waals surface area contributed by atoms with Crippen molar-refractivity contribution in [2.24, 2.45) is 0 Å². The predicted octanol–water partition coefficient (Wildman–Crippen LogP) is 8.99. The zero-order valence-electron chi connectivity index (χ0n) is 22.7. The van der Waals surface area contributed by atoms with Crippen molar-refractivity contribution < 1.29 is 10.2 Å². The van der Waals surface area contributed by atoms with Gasteiger partial charge < -0.3 is 10.2 Å². The molecule has 2 atom stereocenters. The van der Waals surface area contributed by atoms with E-state index in [0.717, 1.165) is 77.0 Å². The minimum absolute atomic E-state index is 0.617. The number of rotatable bonds is 17. The lowest BCUT2D eigenvalue weighted by atomic mass is 9.89. The van der Waals surface area contributed by atoms with Gasteiger partial charge in [0.25, 0.3) is 0 Å². The van der Waals surface area contributed by atoms with Gasteiger partial charge in [-0.1, -0.05) is 59.4 Å². The van der Waals surface area contributed by atoms with Crippen molar-refractivity contribution in [1.29, 1.82) is 0 Å². The zero-order chi connectivity index (χ0) is 24.6. The molecule has 0 heterocycles. The van der Waals surface area contributed by atoms with E-state index in [4.69, 9.17) is 0 Å². The maximum absolute atomic E-state index is 10.7. The maximum Gasteiger partial charge on any atom is 0.0622 e. The molecular weight excluding hydrogens is 392 g/mol. The Morgan fingerprint density at radius 3 is 1.19 bits per heavy atom. The van der Waals surface area contributed by atoms with Crippen LogP contribution in [0.1, 0.15) is 132 Å². The van der Waals surface area contributed by atoms with Crippen molar-refractivity contribution in [3.63, 3.8) is 0 Å². The summed E-state index contributed by atoms with van der Waals surface area (Å²) in [7, 11) is 0. The van der Waals surface area contributed by atoms with Crippen molar-refractivity contribution in [1.82, 2.24) is 0 Å². The number of allylic oxidation sites excluding steroid dienone is 8. The number of hydrogen-bond acceptors (Lipinski definition) is 2. The highest BCUT2D eigenvalue weighted by Gasteiger charge is 2.22. The summed E-state index contributed by atoms with van der Waals surface area (Å²) in [6.45, 7) is 16.9. The highest BCUT2D eigenvalue weighted by molar-refractivity contribution is 5.03. The summed E-state index contributed by atoms with van der Waals surface area (Å²) in [6, 6.07) is 0. The van der Waals surface area contributed by atoms with Gasteiger partial charge in [0, 0.05) is 0 Å². The van der Waals surface area contributed by atoms with Gasteiger partial charge in [-0.15, -0.1) is 0 Å². The first kappa shape index (κ1) is 30.9. The van der Waals surface area contributed by atoms with E-state index in [1.807, 2.05) is 13.8 Å². The fourth-order valence-electron chi connectivity index (χ4n) is 3.90. The van der Waals surface area contributed by atoms with Gasteiger partial charge in [-0.05, 0) is 120 Å². The van der Waals surface area contributed by atoms with E-state index in [9.17, 15) is 10.2 Å². The molecule has 32 heavy (non-hydrogen) atoms. The lowest BCUT2D eigenvalue weighted by Gasteiger charge is -2.25. The lowest BCUT2D eigenvalue weighted by Crippen LogP contribution is -2.25. The van der Waals surface area contributed by atoms with E-state index >= 15 is 0 Å². The maximum atomic E-state index is 10.7. The van der Waals surface area contributed by atoms with Crippen LogP contribution < -0.4 is 0 Å². The highest BCUT2D eigenvalue weighted by atomic mass is 16.3. The molecule has 0 saturated carbocycles. The largest absolute Gasteiger partial charge is 0.390 e. The summed E-state index contributed by atoms with van der Waals surface area (Å²) in [6.07, 6.45) is 20.6. The van der Waals surface area contributed by atoms with Gasteiger partial charge in [0.05, 0.1) is 11.2 Å². The average molecular weight is 447 g/mol. The molecule has 0 spiro atoms. The van der Waals surface area contributed by atoms with Crippen LogP contribution in [0.5, 0.6) is 0 Å². The molecule has 0 aromatic carbocycles. The van der Waals surface area contributed by atoms with Crippen molar-refractivity contribution in [2.45, 2.75) is 144 Å². The van der Waals surface area contributed by atoms with Crippen molar-refractivity contribution in [2.75, 3.05) is 0 Å². The fraction of sp³-hybridized carbons (Fsp3) is 0.733. The second-order valence-electron chi connectivity index (χ2n) is 11.0. The summed E-state index contributed by atoms with van der Waals surface area (Å²) in [5.41, 5.74) is 4.34. The molecule has 0 aromatic rings. The highest BCUT2D eigenvalue weighted by Crippen LogP contribution is 2.25. The van der Waals surface area contributed by atoms with Crippen LogP contribution >= 0.6 is 0 Å². The fourth-order valence-corrected chi connectivity index (χ4v) is 3.90. The van der Waals surface area contributed by atoms with E-state index in [1.165, 1.54) is 22.3 Å². The molecule has 2 unspecified atom stereocenters. The topological polar surface area (TPSA) is 40.5 Å². The number of unbranched alkanes of at least 4 members (excludes halogenated alkanes) is 1. The number of aliphatic hydroxyl groups is 2.